The Bertz CT molecular complexity index is 930. The molecule has 144 valence electrons. The van der Waals surface area contributed by atoms with Crippen LogP contribution in [0.5, 0.6) is 5.75 Å². The van der Waals surface area contributed by atoms with Crippen molar-refractivity contribution in [1.82, 2.24) is 4.90 Å². The fourth-order valence-corrected chi connectivity index (χ4v) is 3.75. The molecule has 3 rings (SSSR count). The molecule has 7 nitrogen and oxygen atoms in total. The molecule has 1 fully saturated rings. The number of nitrogens with zero attached hydrogens (tertiary/aromatic N) is 2. The van der Waals surface area contributed by atoms with Crippen molar-refractivity contribution in [2.75, 3.05) is 12.4 Å². The van der Waals surface area contributed by atoms with Crippen molar-refractivity contribution in [3.8, 4) is 5.75 Å². The minimum Gasteiger partial charge on any atom is -0.424 e. The van der Waals surface area contributed by atoms with E-state index in [9.17, 15) is 14.4 Å². The van der Waals surface area contributed by atoms with E-state index in [2.05, 4.69) is 10.3 Å². The number of amides is 2. The summed E-state index contributed by atoms with van der Waals surface area (Å²) in [5.74, 6) is -0.744. The minimum absolute atomic E-state index is 0.0178. The van der Waals surface area contributed by atoms with Crippen LogP contribution in [0.25, 0.3) is 0 Å². The van der Waals surface area contributed by atoms with Gasteiger partial charge in [0.2, 0.25) is 11.8 Å². The Balaban J connectivity index is 1.67. The van der Waals surface area contributed by atoms with Crippen molar-refractivity contribution in [2.45, 2.75) is 18.6 Å². The third-order valence-corrected chi connectivity index (χ3v) is 5.14. The van der Waals surface area contributed by atoms with Gasteiger partial charge in [0.05, 0.1) is 11.4 Å². The van der Waals surface area contributed by atoms with E-state index in [0.717, 1.165) is 5.69 Å². The van der Waals surface area contributed by atoms with Gasteiger partial charge in [0.1, 0.15) is 5.25 Å². The third-order valence-electron chi connectivity index (χ3n) is 3.91. The van der Waals surface area contributed by atoms with Gasteiger partial charge in [0.15, 0.2) is 10.9 Å². The summed E-state index contributed by atoms with van der Waals surface area (Å²) in [4.78, 5) is 42.1. The molecule has 0 unspecified atom stereocenters. The number of ether oxygens (including phenoxy) is 1. The number of thioether (sulfide) groups is 1. The van der Waals surface area contributed by atoms with E-state index < -0.39 is 11.2 Å². The molecule has 0 aromatic heterocycles. The second kappa shape index (κ2) is 8.71. The van der Waals surface area contributed by atoms with Crippen molar-refractivity contribution >= 4 is 46.1 Å². The molecule has 1 heterocycles. The van der Waals surface area contributed by atoms with Gasteiger partial charge in [-0.3, -0.25) is 19.3 Å². The summed E-state index contributed by atoms with van der Waals surface area (Å²) in [7, 11) is 1.64. The summed E-state index contributed by atoms with van der Waals surface area (Å²) in [6.45, 7) is 1.29. The average molecular weight is 397 g/mol. The third kappa shape index (κ3) is 4.77. The van der Waals surface area contributed by atoms with Crippen molar-refractivity contribution in [2.24, 2.45) is 4.99 Å². The maximum atomic E-state index is 12.5. The molecule has 28 heavy (non-hydrogen) atoms. The van der Waals surface area contributed by atoms with E-state index in [1.54, 1.807) is 31.3 Å². The van der Waals surface area contributed by atoms with Gasteiger partial charge < -0.3 is 10.1 Å². The van der Waals surface area contributed by atoms with Crippen molar-refractivity contribution in [3.63, 3.8) is 0 Å². The van der Waals surface area contributed by atoms with Crippen molar-refractivity contribution in [1.29, 1.82) is 0 Å². The summed E-state index contributed by atoms with van der Waals surface area (Å²) in [6.07, 6.45) is -0.0178. The lowest BCUT2D eigenvalue weighted by molar-refractivity contribution is -0.132. The number of rotatable bonds is 5. The number of anilines is 1. The summed E-state index contributed by atoms with van der Waals surface area (Å²) >= 11 is 1.26. The maximum Gasteiger partial charge on any atom is 0.308 e. The van der Waals surface area contributed by atoms with Crippen LogP contribution in [-0.2, 0) is 14.4 Å². The molecule has 0 aliphatic carbocycles. The molecule has 1 N–H and O–H groups in total. The number of esters is 1. The Morgan fingerprint density at radius 1 is 1.14 bits per heavy atom. The van der Waals surface area contributed by atoms with Gasteiger partial charge in [-0.15, -0.1) is 0 Å². The number of benzene rings is 2. The summed E-state index contributed by atoms with van der Waals surface area (Å²) in [5.41, 5.74) is 1.12. The number of hydrogen-bond donors (Lipinski definition) is 1. The van der Waals surface area contributed by atoms with E-state index in [0.29, 0.717) is 10.9 Å². The Hall–Kier alpha value is -3.13. The monoisotopic (exact) mass is 397 g/mol. The second-order valence-corrected chi connectivity index (χ2v) is 7.25. The normalized spacial score (nSPS) is 17.6. The zero-order chi connectivity index (χ0) is 20.1. The van der Waals surface area contributed by atoms with Crippen LogP contribution in [0.2, 0.25) is 0 Å². The van der Waals surface area contributed by atoms with Crippen LogP contribution < -0.4 is 10.1 Å². The number of para-hydroxylation sites is 3. The SMILES string of the molecule is CC(=O)Oc1ccccc1NC(=O)C[C@@H]1SC(=Nc2ccccc2)N(C)C1=O. The molecule has 8 heteroatoms. The molecule has 2 amide bonds. The fraction of sp³-hybridized carbons (Fsp3) is 0.200. The highest BCUT2D eigenvalue weighted by atomic mass is 32.2. The Labute approximate surface area is 166 Å². The van der Waals surface area contributed by atoms with Crippen LogP contribution >= 0.6 is 11.8 Å². The zero-order valence-corrected chi connectivity index (χ0v) is 16.2. The molecule has 1 aliphatic heterocycles. The first-order valence-electron chi connectivity index (χ1n) is 8.59. The number of nitrogens with one attached hydrogen (secondary N) is 1. The summed E-state index contributed by atoms with van der Waals surface area (Å²) in [5, 5.41) is 2.69. The van der Waals surface area contributed by atoms with Crippen LogP contribution in [0, 0.1) is 0 Å². The molecule has 1 atom stereocenters. The van der Waals surface area contributed by atoms with E-state index in [1.807, 2.05) is 30.3 Å². The molecule has 1 aliphatic rings. The van der Waals surface area contributed by atoms with Gasteiger partial charge in [0, 0.05) is 20.4 Å². The van der Waals surface area contributed by atoms with Crippen LogP contribution in [0.4, 0.5) is 11.4 Å². The molecule has 2 aromatic rings. The maximum absolute atomic E-state index is 12.5. The summed E-state index contributed by atoms with van der Waals surface area (Å²) < 4.78 is 5.08. The lowest BCUT2D eigenvalue weighted by Gasteiger charge is -2.11. The average Bonchev–Trinajstić information content (AvgIpc) is 2.91. The van der Waals surface area contributed by atoms with Crippen molar-refractivity contribution in [3.05, 3.63) is 54.6 Å². The highest BCUT2D eigenvalue weighted by Gasteiger charge is 2.37. The van der Waals surface area contributed by atoms with Crippen molar-refractivity contribution < 1.29 is 19.1 Å². The van der Waals surface area contributed by atoms with Gasteiger partial charge in [-0.05, 0) is 24.3 Å². The van der Waals surface area contributed by atoms with E-state index in [4.69, 9.17) is 4.74 Å². The van der Waals surface area contributed by atoms with Crippen LogP contribution in [0.15, 0.2) is 59.6 Å². The molecule has 0 radical (unpaired) electrons. The largest absolute Gasteiger partial charge is 0.424 e. The first-order chi connectivity index (χ1) is 13.4. The van der Waals surface area contributed by atoms with E-state index in [-0.39, 0.29) is 24.0 Å². The molecule has 0 spiro atoms. The standard InChI is InChI=1S/C20H19N3O4S/c1-13(24)27-16-11-7-6-10-15(16)22-18(25)12-17-19(26)23(2)20(28-17)21-14-8-4-3-5-9-14/h3-11,17H,12H2,1-2H3,(H,22,25)/t17-/m0/s1. The van der Waals surface area contributed by atoms with Crippen LogP contribution in [0.1, 0.15) is 13.3 Å². The fourth-order valence-electron chi connectivity index (χ4n) is 2.59. The molecule has 0 saturated carbocycles. The highest BCUT2D eigenvalue weighted by Crippen LogP contribution is 2.31. The van der Waals surface area contributed by atoms with Gasteiger partial charge in [0.25, 0.3) is 0 Å². The number of hydrogen-bond acceptors (Lipinski definition) is 6. The highest BCUT2D eigenvalue weighted by molar-refractivity contribution is 8.15. The predicted octanol–water partition coefficient (Wildman–Crippen LogP) is 3.20. The lowest BCUT2D eigenvalue weighted by atomic mass is 10.2. The first-order valence-corrected chi connectivity index (χ1v) is 9.47. The number of amidine groups is 1. The van der Waals surface area contributed by atoms with Crippen LogP contribution in [-0.4, -0.2) is 40.1 Å². The molecule has 1 saturated heterocycles. The summed E-state index contributed by atoms with van der Waals surface area (Å²) in [6, 6.07) is 16.0. The lowest BCUT2D eigenvalue weighted by Crippen LogP contribution is -2.30. The second-order valence-electron chi connectivity index (χ2n) is 6.08. The molecule has 0 bridgehead atoms. The van der Waals surface area contributed by atoms with Gasteiger partial charge in [-0.25, -0.2) is 4.99 Å². The van der Waals surface area contributed by atoms with Gasteiger partial charge in [-0.2, -0.15) is 0 Å². The number of carbonyl (C=O) groups excluding carboxylic acids is 3. The minimum atomic E-state index is -0.562. The van der Waals surface area contributed by atoms with E-state index in [1.165, 1.54) is 23.6 Å². The van der Waals surface area contributed by atoms with Crippen LogP contribution in [0.3, 0.4) is 0 Å². The smallest absolute Gasteiger partial charge is 0.308 e. The van der Waals surface area contributed by atoms with E-state index >= 15 is 0 Å². The molecular formula is C20H19N3O4S. The topological polar surface area (TPSA) is 88.1 Å². The number of aliphatic imine (C=N–C) groups is 1. The Kier molecular flexibility index (Phi) is 6.10. The van der Waals surface area contributed by atoms with Gasteiger partial charge in [-0.1, -0.05) is 42.1 Å². The first kappa shape index (κ1) is 19.6. The zero-order valence-electron chi connectivity index (χ0n) is 15.4. The predicted molar refractivity (Wildman–Crippen MR) is 109 cm³/mol. The molecular weight excluding hydrogens is 378 g/mol. The quantitative estimate of drug-likeness (QED) is 0.618. The Morgan fingerprint density at radius 2 is 1.82 bits per heavy atom. The number of carbonyl (C=O) groups is 3. The molecule has 2 aromatic carbocycles. The Morgan fingerprint density at radius 3 is 2.54 bits per heavy atom. The van der Waals surface area contributed by atoms with Gasteiger partial charge >= 0.3 is 5.97 Å².